The molecular formula is C11H10F4INO3. The lowest BCUT2D eigenvalue weighted by molar-refractivity contribution is -0.275. The first kappa shape index (κ1) is 16.9. The van der Waals surface area contributed by atoms with E-state index in [9.17, 15) is 22.4 Å². The Morgan fingerprint density at radius 1 is 1.45 bits per heavy atom. The Labute approximate surface area is 125 Å². The molecule has 1 aromatic heterocycles. The number of halogens is 5. The lowest BCUT2D eigenvalue weighted by Crippen LogP contribution is -2.20. The summed E-state index contributed by atoms with van der Waals surface area (Å²) in [6.07, 6.45) is -5.44. The van der Waals surface area contributed by atoms with Crippen molar-refractivity contribution in [1.29, 1.82) is 0 Å². The fraction of sp³-hybridized carbons (Fsp3) is 0.455. The van der Waals surface area contributed by atoms with Crippen LogP contribution in [0.3, 0.4) is 0 Å². The summed E-state index contributed by atoms with van der Waals surface area (Å²) in [5, 5.41) is 0. The maximum Gasteiger partial charge on any atom is 0.573 e. The molecule has 0 spiro atoms. The first-order valence-electron chi connectivity index (χ1n) is 5.42. The molecule has 9 heteroatoms. The van der Waals surface area contributed by atoms with E-state index in [1.54, 1.807) is 29.5 Å². The second-order valence-electron chi connectivity index (χ2n) is 3.55. The normalized spacial score (nSPS) is 11.3. The number of alkyl halides is 4. The molecule has 0 N–H and O–H groups in total. The highest BCUT2D eigenvalue weighted by Gasteiger charge is 2.33. The third kappa shape index (κ3) is 5.10. The van der Waals surface area contributed by atoms with Crippen LogP contribution < -0.4 is 4.74 Å². The first-order valence-corrected chi connectivity index (χ1v) is 6.50. The van der Waals surface area contributed by atoms with E-state index in [0.29, 0.717) is 0 Å². The van der Waals surface area contributed by atoms with Crippen molar-refractivity contribution in [2.24, 2.45) is 0 Å². The highest BCUT2D eigenvalue weighted by atomic mass is 127. The van der Waals surface area contributed by atoms with Crippen LogP contribution in [0.2, 0.25) is 0 Å². The number of hydrogen-bond acceptors (Lipinski definition) is 4. The van der Waals surface area contributed by atoms with E-state index in [2.05, 4.69) is 14.5 Å². The Morgan fingerprint density at radius 3 is 2.60 bits per heavy atom. The highest BCUT2D eigenvalue weighted by Crippen LogP contribution is 2.29. The number of carbonyl (C=O) groups excluding carboxylic acids is 1. The van der Waals surface area contributed by atoms with Gasteiger partial charge in [-0.15, -0.1) is 13.2 Å². The molecule has 1 heterocycles. The van der Waals surface area contributed by atoms with Crippen LogP contribution in [0.4, 0.5) is 17.6 Å². The number of hydrogen-bond donors (Lipinski definition) is 0. The quantitative estimate of drug-likeness (QED) is 0.326. The van der Waals surface area contributed by atoms with Crippen LogP contribution in [0, 0.1) is 3.70 Å². The maximum atomic E-state index is 12.6. The molecule has 0 amide bonds. The van der Waals surface area contributed by atoms with Crippen molar-refractivity contribution in [3.63, 3.8) is 0 Å². The minimum Gasteiger partial charge on any atom is -0.466 e. The van der Waals surface area contributed by atoms with Gasteiger partial charge in [-0.25, -0.2) is 9.37 Å². The minimum absolute atomic E-state index is 0.0440. The smallest absolute Gasteiger partial charge is 0.466 e. The molecule has 0 aromatic carbocycles. The van der Waals surface area contributed by atoms with Gasteiger partial charge in [-0.1, -0.05) is 0 Å². The average Bonchev–Trinajstić information content (AvgIpc) is 2.31. The zero-order chi connectivity index (χ0) is 15.3. The van der Waals surface area contributed by atoms with Gasteiger partial charge in [0.15, 0.2) is 5.75 Å². The third-order valence-corrected chi connectivity index (χ3v) is 3.01. The van der Waals surface area contributed by atoms with Crippen molar-refractivity contribution in [3.8, 4) is 5.75 Å². The zero-order valence-corrected chi connectivity index (χ0v) is 12.4. The van der Waals surface area contributed by atoms with Crippen LogP contribution in [0.15, 0.2) is 6.07 Å². The first-order chi connectivity index (χ1) is 9.26. The van der Waals surface area contributed by atoms with E-state index in [4.69, 9.17) is 0 Å². The molecule has 0 unspecified atom stereocenters. The number of nitrogens with zero attached hydrogens (tertiary/aromatic N) is 1. The third-order valence-electron chi connectivity index (χ3n) is 2.07. The number of esters is 1. The summed E-state index contributed by atoms with van der Waals surface area (Å²) in [5.41, 5.74) is -0.292. The van der Waals surface area contributed by atoms with Crippen LogP contribution in [0.1, 0.15) is 18.2 Å². The van der Waals surface area contributed by atoms with Crippen LogP contribution in [-0.2, 0) is 22.6 Å². The Kier molecular flexibility index (Phi) is 5.96. The lowest BCUT2D eigenvalue weighted by Gasteiger charge is -2.14. The molecule has 0 aliphatic carbocycles. The van der Waals surface area contributed by atoms with Gasteiger partial charge in [-0.05, 0) is 35.6 Å². The predicted octanol–water partition coefficient (Wildman–Crippen LogP) is 3.16. The largest absolute Gasteiger partial charge is 0.573 e. The molecule has 112 valence electrons. The van der Waals surface area contributed by atoms with Crippen molar-refractivity contribution < 1.29 is 31.8 Å². The molecular weight excluding hydrogens is 397 g/mol. The summed E-state index contributed by atoms with van der Waals surface area (Å²) < 4.78 is 58.1. The Hall–Kier alpha value is -1.13. The van der Waals surface area contributed by atoms with Gasteiger partial charge in [-0.3, -0.25) is 4.79 Å². The molecule has 0 aliphatic heterocycles. The Bertz CT molecular complexity index is 493. The topological polar surface area (TPSA) is 48.4 Å². The molecule has 0 bridgehead atoms. The number of carbonyl (C=O) groups is 1. The van der Waals surface area contributed by atoms with Gasteiger partial charge in [0.2, 0.25) is 0 Å². The van der Waals surface area contributed by atoms with E-state index in [0.717, 1.165) is 6.07 Å². The fourth-order valence-electron chi connectivity index (χ4n) is 1.33. The van der Waals surface area contributed by atoms with Gasteiger partial charge < -0.3 is 9.47 Å². The molecule has 20 heavy (non-hydrogen) atoms. The SMILES string of the molecule is CCOC(=O)Cc1nc(I)c(CF)cc1OC(F)(F)F. The zero-order valence-electron chi connectivity index (χ0n) is 10.3. The Morgan fingerprint density at radius 2 is 2.10 bits per heavy atom. The van der Waals surface area contributed by atoms with Crippen molar-refractivity contribution in [2.45, 2.75) is 26.4 Å². The molecule has 0 atom stereocenters. The summed E-state index contributed by atoms with van der Waals surface area (Å²) in [6, 6.07) is 0.886. The lowest BCUT2D eigenvalue weighted by atomic mass is 10.2. The summed E-state index contributed by atoms with van der Waals surface area (Å²) in [7, 11) is 0. The molecule has 0 saturated heterocycles. The molecule has 0 fully saturated rings. The summed E-state index contributed by atoms with van der Waals surface area (Å²) in [5.74, 6) is -1.44. The number of rotatable bonds is 5. The second-order valence-corrected chi connectivity index (χ2v) is 4.57. The number of pyridine rings is 1. The molecule has 1 rings (SSSR count). The summed E-state index contributed by atoms with van der Waals surface area (Å²) in [6.45, 7) is 0.668. The van der Waals surface area contributed by atoms with Crippen molar-refractivity contribution in [2.75, 3.05) is 6.61 Å². The van der Waals surface area contributed by atoms with E-state index >= 15 is 0 Å². The highest BCUT2D eigenvalue weighted by molar-refractivity contribution is 14.1. The molecule has 0 aliphatic rings. The van der Waals surface area contributed by atoms with Crippen molar-refractivity contribution >= 4 is 28.6 Å². The number of aromatic nitrogens is 1. The van der Waals surface area contributed by atoms with Crippen LogP contribution >= 0.6 is 22.6 Å². The van der Waals surface area contributed by atoms with Gasteiger partial charge in [0, 0.05) is 5.56 Å². The molecule has 4 nitrogen and oxygen atoms in total. The number of ether oxygens (including phenoxy) is 2. The van der Waals surface area contributed by atoms with E-state index in [1.807, 2.05) is 0 Å². The molecule has 0 radical (unpaired) electrons. The summed E-state index contributed by atoms with van der Waals surface area (Å²) in [4.78, 5) is 15.1. The molecule has 1 aromatic rings. The van der Waals surface area contributed by atoms with E-state index < -0.39 is 31.2 Å². The van der Waals surface area contributed by atoms with E-state index in [-0.39, 0.29) is 21.6 Å². The standard InChI is InChI=1S/C11H10F4INO3/c1-2-19-9(18)4-7-8(20-11(13,14)15)3-6(5-12)10(16)17-7/h3H,2,4-5H2,1H3. The molecule has 0 saturated carbocycles. The van der Waals surface area contributed by atoms with Crippen molar-refractivity contribution in [1.82, 2.24) is 4.98 Å². The van der Waals surface area contributed by atoms with Gasteiger partial charge >= 0.3 is 12.3 Å². The minimum atomic E-state index is -4.95. The van der Waals surface area contributed by atoms with Crippen LogP contribution in [0.25, 0.3) is 0 Å². The maximum absolute atomic E-state index is 12.6. The van der Waals surface area contributed by atoms with Gasteiger partial charge in [0.05, 0.1) is 18.7 Å². The monoisotopic (exact) mass is 407 g/mol. The van der Waals surface area contributed by atoms with E-state index in [1.165, 1.54) is 0 Å². The van der Waals surface area contributed by atoms with Gasteiger partial charge in [-0.2, -0.15) is 0 Å². The van der Waals surface area contributed by atoms with Crippen LogP contribution in [-0.4, -0.2) is 23.9 Å². The second kappa shape index (κ2) is 7.04. The predicted molar refractivity (Wildman–Crippen MR) is 68.8 cm³/mol. The summed E-state index contributed by atoms with van der Waals surface area (Å²) >= 11 is 1.67. The van der Waals surface area contributed by atoms with Gasteiger partial charge in [0.25, 0.3) is 0 Å². The van der Waals surface area contributed by atoms with Crippen molar-refractivity contribution in [3.05, 3.63) is 21.0 Å². The van der Waals surface area contributed by atoms with Gasteiger partial charge in [0.1, 0.15) is 10.4 Å². The Balaban J connectivity index is 3.12. The fourth-order valence-corrected chi connectivity index (χ4v) is 1.92. The average molecular weight is 407 g/mol. The van der Waals surface area contributed by atoms with Crippen LogP contribution in [0.5, 0.6) is 5.75 Å².